The molecule has 0 aliphatic carbocycles. The van der Waals surface area contributed by atoms with Gasteiger partial charge in [0.05, 0.1) is 4.90 Å². The number of sulfonamides is 1. The van der Waals surface area contributed by atoms with Crippen LogP contribution in [0.1, 0.15) is 13.3 Å². The van der Waals surface area contributed by atoms with E-state index >= 15 is 0 Å². The van der Waals surface area contributed by atoms with Crippen LogP contribution in [0.2, 0.25) is 0 Å². The Morgan fingerprint density at radius 1 is 0.939 bits per heavy atom. The van der Waals surface area contributed by atoms with Crippen molar-refractivity contribution in [2.75, 3.05) is 10.0 Å². The summed E-state index contributed by atoms with van der Waals surface area (Å²) in [5.41, 5.74) is 0.469. The summed E-state index contributed by atoms with van der Waals surface area (Å²) < 4.78 is 33.5. The maximum Gasteiger partial charge on any atom is 0.265 e. The van der Waals surface area contributed by atoms with Crippen LogP contribution in [0.25, 0.3) is 10.8 Å². The van der Waals surface area contributed by atoms with Gasteiger partial charge < -0.3 is 10.1 Å². The van der Waals surface area contributed by atoms with E-state index in [2.05, 4.69) is 15.0 Å². The van der Waals surface area contributed by atoms with Gasteiger partial charge in [0.2, 0.25) is 0 Å². The van der Waals surface area contributed by atoms with Crippen molar-refractivity contribution in [2.24, 2.45) is 0 Å². The third-order valence-electron chi connectivity index (χ3n) is 5.02. The van der Waals surface area contributed by atoms with Gasteiger partial charge in [0, 0.05) is 17.3 Å². The van der Waals surface area contributed by atoms with E-state index in [0.29, 0.717) is 17.9 Å². The predicted octanol–water partition coefficient (Wildman–Crippen LogP) is 4.83. The Kier molecular flexibility index (Phi) is 6.55. The second kappa shape index (κ2) is 9.70. The number of nitrogens with zero attached hydrogens (tertiary/aromatic N) is 1. The zero-order chi connectivity index (χ0) is 23.3. The number of ether oxygens (including phenoxy) is 1. The van der Waals surface area contributed by atoms with Gasteiger partial charge in [-0.25, -0.2) is 13.4 Å². The van der Waals surface area contributed by atoms with E-state index in [1.165, 1.54) is 30.5 Å². The number of hydrogen-bond donors (Lipinski definition) is 2. The van der Waals surface area contributed by atoms with Gasteiger partial charge in [0.1, 0.15) is 11.6 Å². The van der Waals surface area contributed by atoms with Crippen LogP contribution >= 0.6 is 0 Å². The molecule has 0 saturated carbocycles. The van der Waals surface area contributed by atoms with E-state index in [1.54, 1.807) is 18.2 Å². The van der Waals surface area contributed by atoms with Crippen molar-refractivity contribution in [3.05, 3.63) is 91.1 Å². The van der Waals surface area contributed by atoms with Crippen LogP contribution < -0.4 is 14.8 Å². The summed E-state index contributed by atoms with van der Waals surface area (Å²) >= 11 is 0. The summed E-state index contributed by atoms with van der Waals surface area (Å²) in [6.45, 7) is 1.87. The van der Waals surface area contributed by atoms with E-state index in [4.69, 9.17) is 4.74 Å². The van der Waals surface area contributed by atoms with E-state index in [-0.39, 0.29) is 16.6 Å². The van der Waals surface area contributed by atoms with E-state index in [9.17, 15) is 13.2 Å². The lowest BCUT2D eigenvalue weighted by atomic mass is 10.1. The quantitative estimate of drug-likeness (QED) is 0.392. The molecule has 4 aromatic rings. The minimum Gasteiger partial charge on any atom is -0.480 e. The van der Waals surface area contributed by atoms with Crippen molar-refractivity contribution in [2.45, 2.75) is 24.3 Å². The van der Waals surface area contributed by atoms with Gasteiger partial charge >= 0.3 is 0 Å². The second-order valence-corrected chi connectivity index (χ2v) is 9.01. The average molecular weight is 462 g/mol. The summed E-state index contributed by atoms with van der Waals surface area (Å²) in [5.74, 6) is 0.552. The third kappa shape index (κ3) is 5.30. The number of pyridine rings is 1. The molecule has 4 rings (SSSR count). The fraction of sp³-hybridized carbons (Fsp3) is 0.120. The van der Waals surface area contributed by atoms with E-state index < -0.39 is 16.1 Å². The first-order valence-electron chi connectivity index (χ1n) is 10.5. The monoisotopic (exact) mass is 461 g/mol. The van der Waals surface area contributed by atoms with Gasteiger partial charge in [-0.2, -0.15) is 0 Å². The van der Waals surface area contributed by atoms with Gasteiger partial charge in [-0.05, 0) is 54.3 Å². The smallest absolute Gasteiger partial charge is 0.265 e. The molecule has 0 radical (unpaired) electrons. The zero-order valence-corrected chi connectivity index (χ0v) is 18.7. The van der Waals surface area contributed by atoms with Crippen LogP contribution in [-0.2, 0) is 14.8 Å². The largest absolute Gasteiger partial charge is 0.480 e. The predicted molar refractivity (Wildman–Crippen MR) is 129 cm³/mol. The third-order valence-corrected chi connectivity index (χ3v) is 6.39. The Hall–Kier alpha value is -3.91. The van der Waals surface area contributed by atoms with Crippen molar-refractivity contribution in [1.82, 2.24) is 4.98 Å². The molecule has 1 unspecified atom stereocenters. The molecule has 0 aliphatic heterocycles. The maximum atomic E-state index is 12.8. The highest BCUT2D eigenvalue weighted by molar-refractivity contribution is 7.92. The summed E-state index contributed by atoms with van der Waals surface area (Å²) in [6.07, 6.45) is 1.27. The first-order valence-corrected chi connectivity index (χ1v) is 11.9. The molecular weight excluding hydrogens is 438 g/mol. The van der Waals surface area contributed by atoms with Crippen LogP contribution in [0.4, 0.5) is 11.5 Å². The van der Waals surface area contributed by atoms with Crippen molar-refractivity contribution in [3.63, 3.8) is 0 Å². The summed E-state index contributed by atoms with van der Waals surface area (Å²) in [4.78, 5) is 16.9. The van der Waals surface area contributed by atoms with Gasteiger partial charge in [0.25, 0.3) is 15.9 Å². The summed E-state index contributed by atoms with van der Waals surface area (Å²) in [7, 11) is -3.79. The highest BCUT2D eigenvalue weighted by Crippen LogP contribution is 2.27. The molecule has 0 bridgehead atoms. The molecule has 3 aromatic carbocycles. The van der Waals surface area contributed by atoms with Gasteiger partial charge in [-0.1, -0.05) is 49.4 Å². The van der Waals surface area contributed by atoms with Crippen molar-refractivity contribution >= 4 is 38.2 Å². The molecular formula is C25H23N3O4S. The standard InChI is InChI=1S/C25H23N3O4S/c1-2-22(32-23-11-7-9-18-8-3-4-10-21(18)23)25(29)27-19-13-15-20(16-14-19)33(30,31)28-24-12-5-6-17-26-24/h3-17,22H,2H2,1H3,(H,26,28)(H,27,29). The first kappa shape index (κ1) is 22.3. The number of anilines is 2. The Morgan fingerprint density at radius 2 is 1.67 bits per heavy atom. The first-order chi connectivity index (χ1) is 16.0. The molecule has 8 heteroatoms. The van der Waals surface area contributed by atoms with E-state index in [1.807, 2.05) is 49.4 Å². The van der Waals surface area contributed by atoms with Crippen LogP contribution in [0.15, 0.2) is 96.0 Å². The fourth-order valence-electron chi connectivity index (χ4n) is 3.33. The van der Waals surface area contributed by atoms with Crippen molar-refractivity contribution in [3.8, 4) is 5.75 Å². The average Bonchev–Trinajstić information content (AvgIpc) is 2.83. The minimum atomic E-state index is -3.79. The molecule has 2 N–H and O–H groups in total. The number of carbonyl (C=O) groups is 1. The highest BCUT2D eigenvalue weighted by Gasteiger charge is 2.20. The van der Waals surface area contributed by atoms with Gasteiger partial charge in [0.15, 0.2) is 6.10 Å². The molecule has 1 aromatic heterocycles. The normalized spacial score (nSPS) is 12.2. The highest BCUT2D eigenvalue weighted by atomic mass is 32.2. The number of nitrogens with one attached hydrogen (secondary N) is 2. The van der Waals surface area contributed by atoms with Crippen LogP contribution in [-0.4, -0.2) is 25.4 Å². The molecule has 1 heterocycles. The number of amides is 1. The molecule has 1 atom stereocenters. The SMILES string of the molecule is CCC(Oc1cccc2ccccc12)C(=O)Nc1ccc(S(=O)(=O)Nc2ccccn2)cc1. The number of aromatic nitrogens is 1. The number of fused-ring (bicyclic) bond motifs is 1. The number of hydrogen-bond acceptors (Lipinski definition) is 5. The lowest BCUT2D eigenvalue weighted by Crippen LogP contribution is -2.32. The minimum absolute atomic E-state index is 0.0604. The fourth-order valence-corrected chi connectivity index (χ4v) is 4.34. The molecule has 1 amide bonds. The van der Waals surface area contributed by atoms with Gasteiger partial charge in [-0.3, -0.25) is 9.52 Å². The number of benzene rings is 3. The van der Waals surface area contributed by atoms with E-state index in [0.717, 1.165) is 10.8 Å². The molecule has 0 spiro atoms. The number of rotatable bonds is 8. The summed E-state index contributed by atoms with van der Waals surface area (Å²) in [6, 6.07) is 24.4. The Balaban J connectivity index is 1.45. The molecule has 0 saturated heterocycles. The Bertz CT molecular complexity index is 1350. The van der Waals surface area contributed by atoms with Crippen LogP contribution in [0.5, 0.6) is 5.75 Å². The topological polar surface area (TPSA) is 97.4 Å². The van der Waals surface area contributed by atoms with Crippen LogP contribution in [0, 0.1) is 0 Å². The zero-order valence-electron chi connectivity index (χ0n) is 17.9. The van der Waals surface area contributed by atoms with Gasteiger partial charge in [-0.15, -0.1) is 0 Å². The molecule has 0 fully saturated rings. The lowest BCUT2D eigenvalue weighted by molar-refractivity contribution is -0.122. The number of carbonyl (C=O) groups excluding carboxylic acids is 1. The Labute approximate surface area is 192 Å². The van der Waals surface area contributed by atoms with Crippen LogP contribution in [0.3, 0.4) is 0 Å². The second-order valence-electron chi connectivity index (χ2n) is 7.33. The molecule has 7 nitrogen and oxygen atoms in total. The lowest BCUT2D eigenvalue weighted by Gasteiger charge is -2.18. The van der Waals surface area contributed by atoms with Crippen molar-refractivity contribution in [1.29, 1.82) is 0 Å². The molecule has 168 valence electrons. The summed E-state index contributed by atoms with van der Waals surface area (Å²) in [5, 5.41) is 4.76. The maximum absolute atomic E-state index is 12.8. The Morgan fingerprint density at radius 3 is 2.39 bits per heavy atom. The molecule has 33 heavy (non-hydrogen) atoms. The van der Waals surface area contributed by atoms with Crippen molar-refractivity contribution < 1.29 is 17.9 Å². The molecule has 0 aliphatic rings.